The van der Waals surface area contributed by atoms with Gasteiger partial charge in [0, 0.05) is 5.56 Å². The molecule has 130 valence electrons. The van der Waals surface area contributed by atoms with Crippen LogP contribution in [-0.2, 0) is 5.72 Å². The van der Waals surface area contributed by atoms with Crippen molar-refractivity contribution in [3.8, 4) is 11.5 Å². The van der Waals surface area contributed by atoms with Crippen LogP contribution in [0.4, 0.5) is 0 Å². The molecule has 0 bridgehead atoms. The van der Waals surface area contributed by atoms with Crippen molar-refractivity contribution in [3.63, 3.8) is 0 Å². The highest BCUT2D eigenvalue weighted by molar-refractivity contribution is 5.32. The lowest BCUT2D eigenvalue weighted by Crippen LogP contribution is -2.52. The smallest absolute Gasteiger partial charge is 0.140 e. The third-order valence-corrected chi connectivity index (χ3v) is 3.88. The Morgan fingerprint density at radius 1 is 1.04 bits per heavy atom. The van der Waals surface area contributed by atoms with Crippen LogP contribution in [-0.4, -0.2) is 30.6 Å². The summed E-state index contributed by atoms with van der Waals surface area (Å²) in [5.41, 5.74) is 5.81. The molecule has 0 aliphatic heterocycles. The minimum absolute atomic E-state index is 0.583. The fourth-order valence-electron chi connectivity index (χ4n) is 2.42. The van der Waals surface area contributed by atoms with E-state index in [0.29, 0.717) is 22.6 Å². The van der Waals surface area contributed by atoms with Crippen molar-refractivity contribution in [3.05, 3.63) is 59.7 Å². The van der Waals surface area contributed by atoms with Gasteiger partial charge in [0.05, 0.1) is 20.4 Å². The summed E-state index contributed by atoms with van der Waals surface area (Å²) in [5.74, 6) is 1.31. The quantitative estimate of drug-likeness (QED) is 0.574. The summed E-state index contributed by atoms with van der Waals surface area (Å²) in [6.07, 6.45) is -1.87. The molecule has 5 N–H and O–H groups in total. The first-order valence-corrected chi connectivity index (χ1v) is 7.59. The summed E-state index contributed by atoms with van der Waals surface area (Å²) < 4.78 is 10.3. The Labute approximate surface area is 141 Å². The predicted octanol–water partition coefficient (Wildman–Crippen LogP) is 1.48. The number of nitrogens with one attached hydrogen (secondary N) is 1. The van der Waals surface area contributed by atoms with Crippen LogP contribution in [0.3, 0.4) is 0 Å². The molecule has 0 saturated carbocycles. The largest absolute Gasteiger partial charge is 0.497 e. The fourth-order valence-corrected chi connectivity index (χ4v) is 2.42. The van der Waals surface area contributed by atoms with E-state index in [-0.39, 0.29) is 0 Å². The Morgan fingerprint density at radius 2 is 1.67 bits per heavy atom. The van der Waals surface area contributed by atoms with E-state index >= 15 is 0 Å². The molecule has 0 radical (unpaired) electrons. The van der Waals surface area contributed by atoms with Crippen LogP contribution in [0.25, 0.3) is 0 Å². The summed E-state index contributed by atoms with van der Waals surface area (Å²) in [5, 5.41) is 23.9. The number of aliphatic hydroxyl groups excluding tert-OH is 1. The van der Waals surface area contributed by atoms with Gasteiger partial charge in [0.1, 0.15) is 23.3 Å². The number of methoxy groups -OCH3 is 2. The summed E-state index contributed by atoms with van der Waals surface area (Å²) in [6, 6.07) is 14.0. The molecule has 1 unspecified atom stereocenters. The highest BCUT2D eigenvalue weighted by Crippen LogP contribution is 2.25. The van der Waals surface area contributed by atoms with Crippen molar-refractivity contribution >= 4 is 0 Å². The zero-order valence-corrected chi connectivity index (χ0v) is 14.1. The van der Waals surface area contributed by atoms with Gasteiger partial charge in [0.15, 0.2) is 0 Å². The van der Waals surface area contributed by atoms with Crippen molar-refractivity contribution in [2.24, 2.45) is 5.73 Å². The maximum absolute atomic E-state index is 10.7. The van der Waals surface area contributed by atoms with Crippen LogP contribution in [0.2, 0.25) is 0 Å². The van der Waals surface area contributed by atoms with Crippen molar-refractivity contribution < 1.29 is 19.7 Å². The van der Waals surface area contributed by atoms with Gasteiger partial charge in [-0.15, -0.1) is 0 Å². The van der Waals surface area contributed by atoms with E-state index in [0.717, 1.165) is 0 Å². The molecule has 2 rings (SSSR count). The van der Waals surface area contributed by atoms with E-state index in [9.17, 15) is 10.2 Å². The van der Waals surface area contributed by atoms with Gasteiger partial charge in [-0.3, -0.25) is 5.32 Å². The molecule has 0 aliphatic rings. The van der Waals surface area contributed by atoms with Crippen LogP contribution in [0.5, 0.6) is 11.5 Å². The second-order valence-corrected chi connectivity index (χ2v) is 5.69. The third-order valence-electron chi connectivity index (χ3n) is 3.88. The highest BCUT2D eigenvalue weighted by atomic mass is 16.5. The first kappa shape index (κ1) is 18.2. The second kappa shape index (κ2) is 7.63. The molecule has 0 saturated heterocycles. The minimum Gasteiger partial charge on any atom is -0.497 e. The van der Waals surface area contributed by atoms with Crippen molar-refractivity contribution in [2.75, 3.05) is 14.2 Å². The van der Waals surface area contributed by atoms with Gasteiger partial charge in [-0.1, -0.05) is 24.3 Å². The van der Waals surface area contributed by atoms with E-state index in [1.807, 2.05) is 0 Å². The lowest BCUT2D eigenvalue weighted by molar-refractivity contribution is -0.0150. The summed E-state index contributed by atoms with van der Waals surface area (Å²) >= 11 is 0. The molecule has 24 heavy (non-hydrogen) atoms. The van der Waals surface area contributed by atoms with Crippen LogP contribution in [0.15, 0.2) is 48.5 Å². The number of nitrogens with two attached hydrogens (primary N) is 1. The molecular weight excluding hydrogens is 308 g/mol. The minimum atomic E-state index is -1.43. The summed E-state index contributed by atoms with van der Waals surface area (Å²) in [4.78, 5) is 0. The van der Waals surface area contributed by atoms with Crippen molar-refractivity contribution in [1.29, 1.82) is 0 Å². The molecule has 0 heterocycles. The van der Waals surface area contributed by atoms with Crippen molar-refractivity contribution in [1.82, 2.24) is 5.32 Å². The van der Waals surface area contributed by atoms with Gasteiger partial charge in [-0.25, -0.2) is 0 Å². The predicted molar refractivity (Wildman–Crippen MR) is 91.6 cm³/mol. The van der Waals surface area contributed by atoms with Crippen LogP contribution in [0, 0.1) is 0 Å². The van der Waals surface area contributed by atoms with E-state index in [2.05, 4.69) is 5.32 Å². The lowest BCUT2D eigenvalue weighted by atomic mass is 10.0. The first-order chi connectivity index (χ1) is 11.4. The van der Waals surface area contributed by atoms with E-state index in [1.165, 1.54) is 0 Å². The Kier molecular flexibility index (Phi) is 5.80. The Bertz CT molecular complexity index is 658. The van der Waals surface area contributed by atoms with Gasteiger partial charge in [-0.2, -0.15) is 0 Å². The number of hydrogen-bond acceptors (Lipinski definition) is 6. The highest BCUT2D eigenvalue weighted by Gasteiger charge is 2.29. The summed E-state index contributed by atoms with van der Waals surface area (Å²) in [7, 11) is 3.13. The maximum Gasteiger partial charge on any atom is 0.140 e. The fraction of sp³-hybridized carbons (Fsp3) is 0.333. The molecule has 0 amide bonds. The average molecular weight is 332 g/mol. The SMILES string of the molecule is COc1ccc([C@@H](O)C(N)N[C@](C)(O)c2cccc(OC)c2)cc1. The molecule has 6 heteroatoms. The second-order valence-electron chi connectivity index (χ2n) is 5.69. The Morgan fingerprint density at radius 3 is 2.25 bits per heavy atom. The number of hydrogen-bond donors (Lipinski definition) is 4. The zero-order chi connectivity index (χ0) is 17.7. The molecule has 2 aromatic carbocycles. The van der Waals surface area contributed by atoms with E-state index in [4.69, 9.17) is 15.2 Å². The summed E-state index contributed by atoms with van der Waals surface area (Å²) in [6.45, 7) is 1.57. The first-order valence-electron chi connectivity index (χ1n) is 7.59. The molecule has 2 aromatic rings. The molecule has 0 fully saturated rings. The van der Waals surface area contributed by atoms with Gasteiger partial charge in [0.25, 0.3) is 0 Å². The number of rotatable bonds is 7. The number of benzene rings is 2. The Balaban J connectivity index is 2.11. The molecule has 0 spiro atoms. The molecule has 3 atom stereocenters. The topological polar surface area (TPSA) is 97.0 Å². The third kappa shape index (κ3) is 4.24. The Hall–Kier alpha value is -2.12. The lowest BCUT2D eigenvalue weighted by Gasteiger charge is -2.31. The van der Waals surface area contributed by atoms with E-state index < -0.39 is 18.0 Å². The van der Waals surface area contributed by atoms with Gasteiger partial charge >= 0.3 is 0 Å². The van der Waals surface area contributed by atoms with Gasteiger partial charge in [0.2, 0.25) is 0 Å². The molecule has 0 aliphatic carbocycles. The monoisotopic (exact) mass is 332 g/mol. The number of ether oxygens (including phenoxy) is 2. The van der Waals surface area contributed by atoms with Gasteiger partial charge in [-0.05, 0) is 36.8 Å². The van der Waals surface area contributed by atoms with Crippen LogP contribution in [0.1, 0.15) is 24.2 Å². The molecule has 6 nitrogen and oxygen atoms in total. The van der Waals surface area contributed by atoms with E-state index in [1.54, 1.807) is 69.7 Å². The van der Waals surface area contributed by atoms with Crippen molar-refractivity contribution in [2.45, 2.75) is 24.9 Å². The maximum atomic E-state index is 10.7. The molecule has 0 aromatic heterocycles. The molecular formula is C18H24N2O4. The van der Waals surface area contributed by atoms with Crippen LogP contribution < -0.4 is 20.5 Å². The zero-order valence-electron chi connectivity index (χ0n) is 14.1. The average Bonchev–Trinajstić information content (AvgIpc) is 2.60. The normalized spacial score (nSPS) is 16.1. The number of aliphatic hydroxyl groups is 2. The standard InChI is InChI=1S/C18H24N2O4/c1-18(22,13-5-4-6-15(11-13)24-3)20-17(19)16(21)12-7-9-14(23-2)10-8-12/h4-11,16-17,20-22H,19H2,1-3H3/t16-,17?,18-/m1/s1. The van der Waals surface area contributed by atoms with Gasteiger partial charge < -0.3 is 25.4 Å². The van der Waals surface area contributed by atoms with Crippen LogP contribution >= 0.6 is 0 Å².